The third-order valence-corrected chi connectivity index (χ3v) is 8.75. The van der Waals surface area contributed by atoms with Gasteiger partial charge in [0.15, 0.2) is 0 Å². The summed E-state index contributed by atoms with van der Waals surface area (Å²) in [6.07, 6.45) is 17.9. The van der Waals surface area contributed by atoms with Crippen LogP contribution in [-0.2, 0) is 0 Å². The SMILES string of the molecule is C[C@H](CC#N)[C@H]1CC[C@H]2[C@@H]3C=CC4=CCCC[C@]4(C)[C@H]3CC[C@]12C. The summed E-state index contributed by atoms with van der Waals surface area (Å²) in [6.45, 7) is 7.46. The van der Waals surface area contributed by atoms with Gasteiger partial charge >= 0.3 is 0 Å². The Kier molecular flexibility index (Phi) is 3.94. The molecule has 0 unspecified atom stereocenters. The molecule has 0 aliphatic heterocycles. The summed E-state index contributed by atoms with van der Waals surface area (Å²) in [4.78, 5) is 0. The Morgan fingerprint density at radius 2 is 2.04 bits per heavy atom. The van der Waals surface area contributed by atoms with E-state index in [0.29, 0.717) is 16.7 Å². The molecule has 4 rings (SSSR count). The van der Waals surface area contributed by atoms with Gasteiger partial charge in [-0.05, 0) is 90.9 Å². The molecule has 0 radical (unpaired) electrons. The number of nitriles is 1. The van der Waals surface area contributed by atoms with Crippen LogP contribution in [0.15, 0.2) is 23.8 Å². The molecule has 130 valence electrons. The van der Waals surface area contributed by atoms with Crippen LogP contribution in [0.2, 0.25) is 0 Å². The molecule has 1 heteroatoms. The van der Waals surface area contributed by atoms with Crippen LogP contribution in [-0.4, -0.2) is 0 Å². The molecule has 7 atom stereocenters. The fourth-order valence-corrected chi connectivity index (χ4v) is 7.45. The monoisotopic (exact) mass is 323 g/mol. The molecular weight excluding hydrogens is 290 g/mol. The minimum Gasteiger partial charge on any atom is -0.198 e. The molecular formula is C23H33N. The second kappa shape index (κ2) is 5.76. The quantitative estimate of drug-likeness (QED) is 0.586. The van der Waals surface area contributed by atoms with Crippen molar-refractivity contribution in [1.29, 1.82) is 5.26 Å². The first kappa shape index (κ1) is 16.4. The Morgan fingerprint density at radius 1 is 1.21 bits per heavy atom. The van der Waals surface area contributed by atoms with Gasteiger partial charge < -0.3 is 0 Å². The molecule has 4 aliphatic rings. The zero-order chi connectivity index (χ0) is 16.9. The maximum absolute atomic E-state index is 9.16. The van der Waals surface area contributed by atoms with Crippen molar-refractivity contribution < 1.29 is 0 Å². The average molecular weight is 324 g/mol. The first-order chi connectivity index (χ1) is 11.5. The summed E-state index contributed by atoms with van der Waals surface area (Å²) in [5.74, 6) is 3.81. The molecule has 0 spiro atoms. The minimum absolute atomic E-state index is 0.440. The Bertz CT molecular complexity index is 608. The Labute approximate surface area is 148 Å². The van der Waals surface area contributed by atoms with Crippen molar-refractivity contribution in [3.05, 3.63) is 23.8 Å². The predicted molar refractivity (Wildman–Crippen MR) is 99.1 cm³/mol. The summed E-state index contributed by atoms with van der Waals surface area (Å²) in [5, 5.41) is 9.16. The van der Waals surface area contributed by atoms with Gasteiger partial charge in [-0.2, -0.15) is 5.26 Å². The maximum Gasteiger partial charge on any atom is 0.0624 e. The van der Waals surface area contributed by atoms with Gasteiger partial charge in [0, 0.05) is 6.42 Å². The van der Waals surface area contributed by atoms with Gasteiger partial charge in [0.25, 0.3) is 0 Å². The summed E-state index contributed by atoms with van der Waals surface area (Å²) in [6, 6.07) is 2.44. The van der Waals surface area contributed by atoms with E-state index in [1.807, 2.05) is 0 Å². The van der Waals surface area contributed by atoms with Crippen molar-refractivity contribution in [1.82, 2.24) is 0 Å². The van der Waals surface area contributed by atoms with Gasteiger partial charge in [-0.15, -0.1) is 0 Å². The molecule has 1 nitrogen and oxygen atoms in total. The van der Waals surface area contributed by atoms with Crippen molar-refractivity contribution in [2.75, 3.05) is 0 Å². The van der Waals surface area contributed by atoms with E-state index in [1.165, 1.54) is 44.9 Å². The van der Waals surface area contributed by atoms with E-state index >= 15 is 0 Å². The zero-order valence-electron chi connectivity index (χ0n) is 15.7. The molecule has 0 saturated heterocycles. The first-order valence-corrected chi connectivity index (χ1v) is 10.3. The molecule has 2 fully saturated rings. The van der Waals surface area contributed by atoms with Crippen LogP contribution in [0.5, 0.6) is 0 Å². The minimum atomic E-state index is 0.440. The highest BCUT2D eigenvalue weighted by Crippen LogP contribution is 2.66. The van der Waals surface area contributed by atoms with Gasteiger partial charge in [-0.3, -0.25) is 0 Å². The fraction of sp³-hybridized carbons (Fsp3) is 0.783. The maximum atomic E-state index is 9.16. The van der Waals surface area contributed by atoms with Crippen LogP contribution in [0.3, 0.4) is 0 Å². The van der Waals surface area contributed by atoms with Gasteiger partial charge in [0.1, 0.15) is 0 Å². The molecule has 0 aromatic carbocycles. The standard InChI is InChI=1S/C23H33N/c1-16(12-15-24)19-9-10-20-18-8-7-17-6-4-5-13-22(17,2)21(18)11-14-23(19,20)3/h6-8,16,18-21H,4-5,9-14H2,1-3H3/t16-,18+,19-,20+,21+,22+,23-/m1/s1. The van der Waals surface area contributed by atoms with Crippen LogP contribution in [0.1, 0.15) is 72.1 Å². The largest absolute Gasteiger partial charge is 0.198 e. The van der Waals surface area contributed by atoms with E-state index < -0.39 is 0 Å². The third-order valence-electron chi connectivity index (χ3n) is 8.75. The lowest BCUT2D eigenvalue weighted by molar-refractivity contribution is -0.0249. The van der Waals surface area contributed by atoms with Crippen molar-refractivity contribution in [2.45, 2.75) is 72.1 Å². The van der Waals surface area contributed by atoms with Crippen LogP contribution in [0, 0.1) is 51.8 Å². The molecule has 24 heavy (non-hydrogen) atoms. The second-order valence-electron chi connectivity index (χ2n) is 9.69. The van der Waals surface area contributed by atoms with Crippen LogP contribution < -0.4 is 0 Å². The number of rotatable bonds is 2. The van der Waals surface area contributed by atoms with Crippen LogP contribution in [0.4, 0.5) is 0 Å². The summed E-state index contributed by atoms with van der Waals surface area (Å²) in [7, 11) is 0. The molecule has 0 heterocycles. The molecule has 0 N–H and O–H groups in total. The third kappa shape index (κ3) is 2.18. The van der Waals surface area contributed by atoms with Crippen molar-refractivity contribution in [2.24, 2.45) is 40.4 Å². The summed E-state index contributed by atoms with van der Waals surface area (Å²) in [5.41, 5.74) is 2.55. The van der Waals surface area contributed by atoms with E-state index in [-0.39, 0.29) is 0 Å². The molecule has 0 aromatic heterocycles. The number of hydrogen-bond acceptors (Lipinski definition) is 1. The van der Waals surface area contributed by atoms with Gasteiger partial charge in [0.2, 0.25) is 0 Å². The summed E-state index contributed by atoms with van der Waals surface area (Å²) < 4.78 is 0. The highest BCUT2D eigenvalue weighted by Gasteiger charge is 2.58. The van der Waals surface area contributed by atoms with E-state index in [1.54, 1.807) is 5.57 Å². The van der Waals surface area contributed by atoms with Gasteiger partial charge in [-0.1, -0.05) is 39.0 Å². The fourth-order valence-electron chi connectivity index (χ4n) is 7.45. The Morgan fingerprint density at radius 3 is 2.83 bits per heavy atom. The zero-order valence-corrected chi connectivity index (χ0v) is 15.7. The van der Waals surface area contributed by atoms with E-state index in [4.69, 9.17) is 5.26 Å². The average Bonchev–Trinajstić information content (AvgIpc) is 2.92. The molecule has 0 amide bonds. The Hall–Kier alpha value is -1.03. The van der Waals surface area contributed by atoms with Crippen molar-refractivity contribution in [3.8, 4) is 6.07 Å². The van der Waals surface area contributed by atoms with E-state index in [9.17, 15) is 0 Å². The van der Waals surface area contributed by atoms with Crippen LogP contribution in [0.25, 0.3) is 0 Å². The number of nitrogens with zero attached hydrogens (tertiary/aromatic N) is 1. The first-order valence-electron chi connectivity index (χ1n) is 10.3. The lowest BCUT2D eigenvalue weighted by atomic mass is 9.48. The lowest BCUT2D eigenvalue weighted by Gasteiger charge is -2.56. The van der Waals surface area contributed by atoms with Gasteiger partial charge in [-0.25, -0.2) is 0 Å². The normalized spacial score (nSPS) is 47.8. The second-order valence-corrected chi connectivity index (χ2v) is 9.69. The van der Waals surface area contributed by atoms with Crippen molar-refractivity contribution >= 4 is 0 Å². The van der Waals surface area contributed by atoms with Crippen molar-refractivity contribution in [3.63, 3.8) is 0 Å². The van der Waals surface area contributed by atoms with E-state index in [0.717, 1.165) is 30.1 Å². The number of fused-ring (bicyclic) bond motifs is 5. The summed E-state index contributed by atoms with van der Waals surface area (Å²) >= 11 is 0. The lowest BCUT2D eigenvalue weighted by Crippen LogP contribution is -2.49. The molecule has 0 aromatic rings. The van der Waals surface area contributed by atoms with Crippen LogP contribution >= 0.6 is 0 Å². The topological polar surface area (TPSA) is 23.8 Å². The molecule has 2 saturated carbocycles. The number of hydrogen-bond donors (Lipinski definition) is 0. The Balaban J connectivity index is 1.65. The smallest absolute Gasteiger partial charge is 0.0624 e. The molecule has 0 bridgehead atoms. The highest BCUT2D eigenvalue weighted by atomic mass is 14.6. The predicted octanol–water partition coefficient (Wildman–Crippen LogP) is 6.28. The number of allylic oxidation sites excluding steroid dienone is 4. The van der Waals surface area contributed by atoms with E-state index in [2.05, 4.69) is 45.1 Å². The highest BCUT2D eigenvalue weighted by molar-refractivity contribution is 5.35. The molecule has 4 aliphatic carbocycles. The van der Waals surface area contributed by atoms with Gasteiger partial charge in [0.05, 0.1) is 6.07 Å².